The number of hydrogen-bond donors (Lipinski definition) is 1. The number of nitrogens with zero attached hydrogens (tertiary/aromatic N) is 1. The van der Waals surface area contributed by atoms with Gasteiger partial charge in [0.2, 0.25) is 0 Å². The minimum Gasteiger partial charge on any atom is -0.379 e. The minimum atomic E-state index is 0.186. The van der Waals surface area contributed by atoms with Gasteiger partial charge in [0.25, 0.3) is 0 Å². The van der Waals surface area contributed by atoms with Crippen LogP contribution in [0.15, 0.2) is 6.07 Å². The van der Waals surface area contributed by atoms with E-state index in [1.807, 2.05) is 4.31 Å². The second kappa shape index (κ2) is 8.28. The van der Waals surface area contributed by atoms with E-state index in [4.69, 9.17) is 62.7 Å². The first-order valence-corrected chi connectivity index (χ1v) is 7.22. The lowest BCUT2D eigenvalue weighted by Gasteiger charge is -2.19. The molecule has 0 amide bonds. The quantitative estimate of drug-likeness (QED) is 0.387. The fourth-order valence-corrected chi connectivity index (χ4v) is 2.37. The summed E-state index contributed by atoms with van der Waals surface area (Å²) in [6.45, 7) is 3.60. The molecule has 0 saturated carbocycles. The second-order valence-corrected chi connectivity index (χ2v) is 5.86. The molecule has 0 atom stereocenters. The SMILES string of the molecule is Clc1cc(Cl)c(Cl)c(Cl)c1Cl.SN1CCOCC1. The molecular weight excluding hydrogens is 359 g/mol. The van der Waals surface area contributed by atoms with E-state index >= 15 is 0 Å². The van der Waals surface area contributed by atoms with E-state index in [9.17, 15) is 0 Å². The second-order valence-electron chi connectivity index (χ2n) is 3.35. The lowest BCUT2D eigenvalue weighted by molar-refractivity contribution is 0.0781. The Balaban J connectivity index is 0.000000199. The molecule has 0 unspecified atom stereocenters. The molecule has 0 bridgehead atoms. The first kappa shape index (κ1) is 17.0. The van der Waals surface area contributed by atoms with Crippen LogP contribution in [0.1, 0.15) is 0 Å². The maximum atomic E-state index is 5.66. The van der Waals surface area contributed by atoms with Gasteiger partial charge in [-0.15, -0.1) is 0 Å². The molecule has 0 aromatic heterocycles. The van der Waals surface area contributed by atoms with Gasteiger partial charge in [-0.3, -0.25) is 0 Å². The molecule has 1 heterocycles. The molecule has 0 N–H and O–H groups in total. The van der Waals surface area contributed by atoms with Crippen LogP contribution in [0.3, 0.4) is 0 Å². The van der Waals surface area contributed by atoms with Crippen molar-refractivity contribution in [2.24, 2.45) is 0 Å². The highest BCUT2D eigenvalue weighted by atomic mass is 35.5. The topological polar surface area (TPSA) is 12.5 Å². The van der Waals surface area contributed by atoms with Crippen LogP contribution in [-0.4, -0.2) is 30.6 Å². The predicted octanol–water partition coefficient (Wildman–Crippen LogP) is 5.12. The van der Waals surface area contributed by atoms with Crippen molar-refractivity contribution in [2.45, 2.75) is 0 Å². The van der Waals surface area contributed by atoms with Crippen LogP contribution in [-0.2, 0) is 4.74 Å². The average molecular weight is 370 g/mol. The van der Waals surface area contributed by atoms with Gasteiger partial charge >= 0.3 is 0 Å². The molecule has 1 aliphatic rings. The lowest BCUT2D eigenvalue weighted by atomic mass is 10.3. The van der Waals surface area contributed by atoms with E-state index in [0.717, 1.165) is 26.3 Å². The summed E-state index contributed by atoms with van der Waals surface area (Å²) in [5.41, 5.74) is 0. The molecule has 1 saturated heterocycles. The molecule has 1 aromatic rings. The standard InChI is InChI=1S/C6HCl5.C4H9NOS/c7-2-1-3(8)5(10)6(11)4(2)9;7-5-1-3-6-4-2-5/h1H;7H,1-4H2. The zero-order valence-corrected chi connectivity index (χ0v) is 13.8. The summed E-state index contributed by atoms with van der Waals surface area (Å²) in [7, 11) is 0. The number of thiol groups is 1. The summed E-state index contributed by atoms with van der Waals surface area (Å²) in [6, 6.07) is 1.44. The Hall–Kier alpha value is 0.940. The van der Waals surface area contributed by atoms with Crippen LogP contribution in [0.25, 0.3) is 0 Å². The minimum absolute atomic E-state index is 0.186. The Morgan fingerprint density at radius 1 is 0.889 bits per heavy atom. The third-order valence-corrected chi connectivity index (χ3v) is 4.59. The van der Waals surface area contributed by atoms with Crippen LogP contribution in [0.2, 0.25) is 25.1 Å². The molecule has 0 aliphatic carbocycles. The first-order valence-electron chi connectivity index (χ1n) is 4.93. The van der Waals surface area contributed by atoms with Gasteiger partial charge in [0.15, 0.2) is 0 Å². The molecule has 1 aliphatic heterocycles. The van der Waals surface area contributed by atoms with Gasteiger partial charge in [-0.05, 0) is 6.07 Å². The summed E-state index contributed by atoms with van der Waals surface area (Å²) in [5.74, 6) is 0. The summed E-state index contributed by atoms with van der Waals surface area (Å²) < 4.78 is 7.01. The molecule has 8 heteroatoms. The van der Waals surface area contributed by atoms with Gasteiger partial charge < -0.3 is 4.74 Å². The van der Waals surface area contributed by atoms with E-state index < -0.39 is 0 Å². The molecule has 1 fully saturated rings. The van der Waals surface area contributed by atoms with Crippen LogP contribution in [0, 0.1) is 0 Å². The normalized spacial score (nSPS) is 16.1. The third-order valence-electron chi connectivity index (χ3n) is 2.05. The molecule has 2 nitrogen and oxygen atoms in total. The van der Waals surface area contributed by atoms with E-state index in [1.165, 1.54) is 6.07 Å². The molecular formula is C10H10Cl5NOS. The van der Waals surface area contributed by atoms with Crippen molar-refractivity contribution in [1.82, 2.24) is 4.31 Å². The summed E-state index contributed by atoms with van der Waals surface area (Å²) in [5, 5.41) is 1.23. The van der Waals surface area contributed by atoms with Gasteiger partial charge in [-0.25, -0.2) is 4.31 Å². The largest absolute Gasteiger partial charge is 0.379 e. The van der Waals surface area contributed by atoms with Gasteiger partial charge in [-0.1, -0.05) is 70.8 Å². The highest BCUT2D eigenvalue weighted by Crippen LogP contribution is 2.40. The van der Waals surface area contributed by atoms with E-state index in [0.29, 0.717) is 10.0 Å². The van der Waals surface area contributed by atoms with Crippen molar-refractivity contribution in [3.8, 4) is 0 Å². The fourth-order valence-electron chi connectivity index (χ4n) is 1.10. The Morgan fingerprint density at radius 2 is 1.33 bits per heavy atom. The van der Waals surface area contributed by atoms with E-state index in [1.54, 1.807) is 0 Å². The van der Waals surface area contributed by atoms with Gasteiger partial charge in [0, 0.05) is 13.1 Å². The van der Waals surface area contributed by atoms with Crippen LogP contribution < -0.4 is 0 Å². The Morgan fingerprint density at radius 3 is 1.67 bits per heavy atom. The zero-order valence-electron chi connectivity index (χ0n) is 9.10. The molecule has 0 radical (unpaired) electrons. The number of morpholine rings is 1. The van der Waals surface area contributed by atoms with Crippen LogP contribution >= 0.6 is 70.8 Å². The number of ether oxygens (including phenoxy) is 1. The number of rotatable bonds is 0. The van der Waals surface area contributed by atoms with Crippen molar-refractivity contribution in [1.29, 1.82) is 0 Å². The van der Waals surface area contributed by atoms with Gasteiger partial charge in [0.05, 0.1) is 38.3 Å². The summed E-state index contributed by atoms with van der Waals surface area (Å²) in [6.07, 6.45) is 0. The monoisotopic (exact) mass is 367 g/mol. The number of hydrogen-bond acceptors (Lipinski definition) is 3. The van der Waals surface area contributed by atoms with Crippen LogP contribution in [0.5, 0.6) is 0 Å². The average Bonchev–Trinajstić information content (AvgIpc) is 2.36. The fraction of sp³-hybridized carbons (Fsp3) is 0.400. The zero-order chi connectivity index (χ0) is 13.7. The smallest absolute Gasteiger partial charge is 0.0808 e. The van der Waals surface area contributed by atoms with Crippen LogP contribution in [0.4, 0.5) is 0 Å². The number of halogens is 5. The lowest BCUT2D eigenvalue weighted by Crippen LogP contribution is -2.28. The van der Waals surface area contributed by atoms with E-state index in [-0.39, 0.29) is 15.1 Å². The molecule has 2 rings (SSSR count). The molecule has 102 valence electrons. The van der Waals surface area contributed by atoms with Gasteiger partial charge in [-0.2, -0.15) is 0 Å². The van der Waals surface area contributed by atoms with Crippen molar-refractivity contribution in [3.05, 3.63) is 31.2 Å². The van der Waals surface area contributed by atoms with Crippen molar-refractivity contribution >= 4 is 70.8 Å². The van der Waals surface area contributed by atoms with Crippen molar-refractivity contribution < 1.29 is 4.74 Å². The molecule has 18 heavy (non-hydrogen) atoms. The summed E-state index contributed by atoms with van der Waals surface area (Å²) >= 11 is 32.3. The third kappa shape index (κ3) is 5.14. The maximum Gasteiger partial charge on any atom is 0.0808 e. The number of benzene rings is 1. The molecule has 1 aromatic carbocycles. The predicted molar refractivity (Wildman–Crippen MR) is 82.9 cm³/mol. The highest BCUT2D eigenvalue weighted by Gasteiger charge is 2.10. The van der Waals surface area contributed by atoms with E-state index in [2.05, 4.69) is 12.8 Å². The Bertz CT molecular complexity index is 385. The maximum absolute atomic E-state index is 5.66. The summed E-state index contributed by atoms with van der Waals surface area (Å²) in [4.78, 5) is 0. The van der Waals surface area contributed by atoms with Crippen molar-refractivity contribution in [2.75, 3.05) is 26.3 Å². The Labute approximate surface area is 137 Å². The van der Waals surface area contributed by atoms with Gasteiger partial charge in [0.1, 0.15) is 0 Å². The molecule has 0 spiro atoms. The Kier molecular flexibility index (Phi) is 7.81. The van der Waals surface area contributed by atoms with Crippen molar-refractivity contribution in [3.63, 3.8) is 0 Å². The highest BCUT2D eigenvalue weighted by molar-refractivity contribution is 7.77. The first-order chi connectivity index (χ1) is 8.43.